The van der Waals surface area contributed by atoms with Crippen LogP contribution in [0.4, 0.5) is 16.4 Å². The number of carbonyl (C=O) groups excluding carboxylic acids is 1. The number of nitro benzene ring substituents is 1. The highest BCUT2D eigenvalue weighted by Crippen LogP contribution is 2.40. The predicted molar refractivity (Wildman–Crippen MR) is 141 cm³/mol. The highest BCUT2D eigenvalue weighted by Gasteiger charge is 2.28. The minimum absolute atomic E-state index is 0.169. The minimum Gasteiger partial charge on any atom is -0.465 e. The highest BCUT2D eigenvalue weighted by atomic mass is 35.5. The van der Waals surface area contributed by atoms with Crippen LogP contribution in [0.2, 0.25) is 5.02 Å². The molecule has 0 radical (unpaired) electrons. The number of thiocarbonyl (C=S) groups is 1. The van der Waals surface area contributed by atoms with Crippen LogP contribution in [0.5, 0.6) is 11.5 Å². The molecule has 0 bridgehead atoms. The number of carbonyl (C=O) groups is 1. The number of esters is 1. The van der Waals surface area contributed by atoms with Crippen molar-refractivity contribution in [3.63, 3.8) is 0 Å². The fourth-order valence-corrected chi connectivity index (χ4v) is 5.69. The van der Waals surface area contributed by atoms with Gasteiger partial charge in [0.15, 0.2) is 5.11 Å². The summed E-state index contributed by atoms with van der Waals surface area (Å²) in [6.45, 7) is 2.19. The van der Waals surface area contributed by atoms with Crippen LogP contribution in [0.3, 0.4) is 0 Å². The SMILES string of the molecule is COC(=O)c1c(NC(=S)Nc2cc(Oc3ccc(Cl)cc3)cc([N+](=O)[O-])c2)sc2c1CCC(C)C2. The second kappa shape index (κ2) is 10.6. The first-order valence-electron chi connectivity index (χ1n) is 10.8. The van der Waals surface area contributed by atoms with E-state index in [1.54, 1.807) is 30.3 Å². The van der Waals surface area contributed by atoms with Gasteiger partial charge in [-0.1, -0.05) is 18.5 Å². The van der Waals surface area contributed by atoms with Gasteiger partial charge in [0.05, 0.1) is 29.4 Å². The number of rotatable bonds is 6. The molecule has 0 fully saturated rings. The second-order valence-electron chi connectivity index (χ2n) is 8.16. The van der Waals surface area contributed by atoms with Crippen LogP contribution >= 0.6 is 35.2 Å². The van der Waals surface area contributed by atoms with Crippen LogP contribution in [0, 0.1) is 16.0 Å². The van der Waals surface area contributed by atoms with Gasteiger partial charge in [-0.3, -0.25) is 10.1 Å². The van der Waals surface area contributed by atoms with Crippen molar-refractivity contribution in [2.75, 3.05) is 17.7 Å². The van der Waals surface area contributed by atoms with Gasteiger partial charge < -0.3 is 20.1 Å². The maximum absolute atomic E-state index is 12.5. The van der Waals surface area contributed by atoms with Crippen molar-refractivity contribution >= 4 is 62.6 Å². The molecule has 8 nitrogen and oxygen atoms in total. The lowest BCUT2D eigenvalue weighted by atomic mass is 9.88. The summed E-state index contributed by atoms with van der Waals surface area (Å²) in [5, 5.41) is 18.8. The normalized spacial score (nSPS) is 14.5. The minimum atomic E-state index is -0.514. The van der Waals surface area contributed by atoms with E-state index in [-0.39, 0.29) is 16.5 Å². The molecule has 0 saturated heterocycles. The number of methoxy groups -OCH3 is 1. The molecule has 0 amide bonds. The number of hydrogen-bond donors (Lipinski definition) is 2. The lowest BCUT2D eigenvalue weighted by Crippen LogP contribution is -2.20. The van der Waals surface area contributed by atoms with E-state index in [0.29, 0.717) is 32.9 Å². The maximum atomic E-state index is 12.5. The quantitative estimate of drug-likeness (QED) is 0.154. The summed E-state index contributed by atoms with van der Waals surface area (Å²) in [5.41, 5.74) is 1.68. The molecule has 35 heavy (non-hydrogen) atoms. The van der Waals surface area contributed by atoms with Gasteiger partial charge in [0.25, 0.3) is 5.69 Å². The largest absolute Gasteiger partial charge is 0.465 e. The summed E-state index contributed by atoms with van der Waals surface area (Å²) < 4.78 is 10.8. The molecule has 0 spiro atoms. The number of non-ortho nitro benzene ring substituents is 1. The van der Waals surface area contributed by atoms with Gasteiger partial charge in [-0.2, -0.15) is 0 Å². The van der Waals surface area contributed by atoms with Crippen molar-refractivity contribution in [1.29, 1.82) is 0 Å². The summed E-state index contributed by atoms with van der Waals surface area (Å²) in [6.07, 6.45) is 2.69. The Morgan fingerprint density at radius 1 is 1.20 bits per heavy atom. The predicted octanol–water partition coefficient (Wildman–Crippen LogP) is 6.82. The Morgan fingerprint density at radius 3 is 2.63 bits per heavy atom. The smallest absolute Gasteiger partial charge is 0.341 e. The van der Waals surface area contributed by atoms with Crippen molar-refractivity contribution < 1.29 is 19.2 Å². The van der Waals surface area contributed by atoms with Crippen molar-refractivity contribution in [1.82, 2.24) is 0 Å². The molecule has 1 aromatic heterocycles. The number of anilines is 2. The molecule has 1 aliphatic carbocycles. The molecule has 1 unspecified atom stereocenters. The maximum Gasteiger partial charge on any atom is 0.341 e. The molecular weight excluding hydrogens is 510 g/mol. The molecular formula is C24H22ClN3O5S2. The van der Waals surface area contributed by atoms with E-state index < -0.39 is 10.9 Å². The molecule has 2 aromatic carbocycles. The third kappa shape index (κ3) is 5.90. The number of nitrogens with zero attached hydrogens (tertiary/aromatic N) is 1. The van der Waals surface area contributed by atoms with E-state index in [9.17, 15) is 14.9 Å². The second-order valence-corrected chi connectivity index (χ2v) is 10.1. The van der Waals surface area contributed by atoms with Crippen LogP contribution in [0.15, 0.2) is 42.5 Å². The van der Waals surface area contributed by atoms with Gasteiger partial charge in [-0.25, -0.2) is 4.79 Å². The Kier molecular flexibility index (Phi) is 7.54. The topological polar surface area (TPSA) is 103 Å². The zero-order valence-electron chi connectivity index (χ0n) is 18.9. The lowest BCUT2D eigenvalue weighted by molar-refractivity contribution is -0.384. The van der Waals surface area contributed by atoms with Gasteiger partial charge in [0.1, 0.15) is 16.5 Å². The number of thiophene rings is 1. The fraction of sp³-hybridized carbons (Fsp3) is 0.250. The van der Waals surface area contributed by atoms with Gasteiger partial charge in [-0.15, -0.1) is 11.3 Å². The Labute approximate surface area is 216 Å². The van der Waals surface area contributed by atoms with Crippen LogP contribution in [0.25, 0.3) is 0 Å². The van der Waals surface area contributed by atoms with E-state index >= 15 is 0 Å². The van der Waals surface area contributed by atoms with Gasteiger partial charge in [0.2, 0.25) is 0 Å². The Bertz CT molecular complexity index is 1290. The Balaban J connectivity index is 1.57. The van der Waals surface area contributed by atoms with Crippen LogP contribution in [-0.4, -0.2) is 23.1 Å². The van der Waals surface area contributed by atoms with Crippen molar-refractivity contribution in [3.05, 3.63) is 73.6 Å². The molecule has 0 saturated carbocycles. The van der Waals surface area contributed by atoms with Crippen LogP contribution < -0.4 is 15.4 Å². The molecule has 11 heteroatoms. The van der Waals surface area contributed by atoms with E-state index in [1.807, 2.05) is 0 Å². The van der Waals surface area contributed by atoms with Crippen molar-refractivity contribution in [2.24, 2.45) is 5.92 Å². The summed E-state index contributed by atoms with van der Waals surface area (Å²) in [6, 6.07) is 10.9. The number of nitrogens with one attached hydrogen (secondary N) is 2. The van der Waals surface area contributed by atoms with Gasteiger partial charge >= 0.3 is 5.97 Å². The molecule has 4 rings (SSSR count). The summed E-state index contributed by atoms with van der Waals surface area (Å²) in [4.78, 5) is 24.6. The van der Waals surface area contributed by atoms with Crippen molar-refractivity contribution in [2.45, 2.75) is 26.2 Å². The summed E-state index contributed by atoms with van der Waals surface area (Å²) in [5.74, 6) is 0.843. The molecule has 1 atom stereocenters. The molecule has 1 aliphatic rings. The molecule has 1 heterocycles. The number of hydrogen-bond acceptors (Lipinski definition) is 7. The van der Waals surface area contributed by atoms with E-state index in [4.69, 9.17) is 33.3 Å². The highest BCUT2D eigenvalue weighted by molar-refractivity contribution is 7.80. The van der Waals surface area contributed by atoms with Crippen LogP contribution in [0.1, 0.15) is 34.1 Å². The molecule has 3 aromatic rings. The average molecular weight is 532 g/mol. The van der Waals surface area contributed by atoms with Gasteiger partial charge in [-0.05, 0) is 67.2 Å². The zero-order valence-corrected chi connectivity index (χ0v) is 21.3. The van der Waals surface area contributed by atoms with E-state index in [2.05, 4.69) is 17.6 Å². The number of ether oxygens (including phenoxy) is 2. The van der Waals surface area contributed by atoms with Crippen LogP contribution in [-0.2, 0) is 17.6 Å². The van der Waals surface area contributed by atoms with Crippen molar-refractivity contribution in [3.8, 4) is 11.5 Å². The Morgan fingerprint density at radius 2 is 1.94 bits per heavy atom. The number of nitro groups is 1. The molecule has 0 aliphatic heterocycles. The molecule has 182 valence electrons. The first kappa shape index (κ1) is 24.9. The summed E-state index contributed by atoms with van der Waals surface area (Å²) in [7, 11) is 1.35. The first-order chi connectivity index (χ1) is 16.7. The van der Waals surface area contributed by atoms with E-state index in [1.165, 1.54) is 30.6 Å². The standard InChI is InChI=1S/C24H22ClN3O5S2/c1-13-3-8-19-20(9-13)35-22(21(19)23(29)32-2)27-24(34)26-15-10-16(28(30)31)12-18(11-15)33-17-6-4-14(25)5-7-17/h4-7,10-13H,3,8-9H2,1-2H3,(H2,26,27,34). The number of halogens is 1. The molecule has 2 N–H and O–H groups in total. The third-order valence-corrected chi connectivity index (χ3v) is 7.16. The lowest BCUT2D eigenvalue weighted by Gasteiger charge is -2.18. The fourth-order valence-electron chi connectivity index (χ4n) is 3.88. The third-order valence-electron chi connectivity index (χ3n) is 5.54. The average Bonchev–Trinajstić information content (AvgIpc) is 3.16. The monoisotopic (exact) mass is 531 g/mol. The first-order valence-corrected chi connectivity index (χ1v) is 12.4. The number of fused-ring (bicyclic) bond motifs is 1. The van der Waals surface area contributed by atoms with E-state index in [0.717, 1.165) is 29.7 Å². The zero-order chi connectivity index (χ0) is 25.1. The summed E-state index contributed by atoms with van der Waals surface area (Å²) >= 11 is 12.9. The Hall–Kier alpha value is -3.21. The number of benzene rings is 2. The van der Waals surface area contributed by atoms with Gasteiger partial charge in [0, 0.05) is 22.0 Å².